The van der Waals surface area contributed by atoms with Gasteiger partial charge in [0, 0.05) is 26.9 Å². The largest absolute Gasteiger partial charge is 0.325 e. The number of amides is 3. The van der Waals surface area contributed by atoms with Gasteiger partial charge in [-0.3, -0.25) is 14.4 Å². The number of thioether (sulfide) groups is 1. The van der Waals surface area contributed by atoms with Gasteiger partial charge in [-0.05, 0) is 85.0 Å². The van der Waals surface area contributed by atoms with E-state index in [4.69, 9.17) is 11.6 Å². The van der Waals surface area contributed by atoms with Crippen molar-refractivity contribution < 1.29 is 14.4 Å². The van der Waals surface area contributed by atoms with Gasteiger partial charge in [0.25, 0.3) is 11.8 Å². The summed E-state index contributed by atoms with van der Waals surface area (Å²) in [5.41, 5.74) is 4.59. The van der Waals surface area contributed by atoms with Crippen LogP contribution >= 0.6 is 23.4 Å². The van der Waals surface area contributed by atoms with Gasteiger partial charge in [-0.25, -0.2) is 0 Å². The molecule has 4 aromatic rings. The standard InChI is InChI=1S/C35H34ClN3O3S/c1-22(2)26-16-14-25(15-17-26)19-32(39-34(41)27-9-6-5-7-10-27)35(42)38-28-11-8-12-30(20-28)43-24(4)33(40)37-29-18-13-23(3)31(36)21-29/h5-22,24H,1-4H3,(H,37,40)(H,38,42)(H,39,41)/b32-19+. The zero-order chi connectivity index (χ0) is 30.9. The van der Waals surface area contributed by atoms with E-state index in [-0.39, 0.29) is 17.5 Å². The van der Waals surface area contributed by atoms with Gasteiger partial charge in [0.15, 0.2) is 0 Å². The average molecular weight is 612 g/mol. The predicted molar refractivity (Wildman–Crippen MR) is 178 cm³/mol. The Morgan fingerprint density at radius 2 is 1.49 bits per heavy atom. The highest BCUT2D eigenvalue weighted by atomic mass is 35.5. The SMILES string of the molecule is Cc1ccc(NC(=O)C(C)Sc2cccc(NC(=O)/C(=C\c3ccc(C(C)C)cc3)NC(=O)c3ccccc3)c2)cc1Cl. The van der Waals surface area contributed by atoms with Gasteiger partial charge in [-0.1, -0.05) is 80.0 Å². The number of anilines is 2. The minimum Gasteiger partial charge on any atom is -0.325 e. The lowest BCUT2D eigenvalue weighted by atomic mass is 10.0. The Morgan fingerprint density at radius 1 is 0.791 bits per heavy atom. The summed E-state index contributed by atoms with van der Waals surface area (Å²) in [5, 5.41) is 8.73. The number of nitrogens with one attached hydrogen (secondary N) is 3. The number of carbonyl (C=O) groups excluding carboxylic acids is 3. The minimum absolute atomic E-state index is 0.105. The lowest BCUT2D eigenvalue weighted by molar-refractivity contribution is -0.115. The zero-order valence-electron chi connectivity index (χ0n) is 24.5. The Kier molecular flexibility index (Phi) is 10.8. The summed E-state index contributed by atoms with van der Waals surface area (Å²) in [6.07, 6.45) is 1.66. The number of hydrogen-bond donors (Lipinski definition) is 3. The van der Waals surface area contributed by atoms with Crippen LogP contribution < -0.4 is 16.0 Å². The molecule has 0 aliphatic rings. The lowest BCUT2D eigenvalue weighted by Crippen LogP contribution is -2.30. The second kappa shape index (κ2) is 14.7. The minimum atomic E-state index is -0.471. The van der Waals surface area contributed by atoms with Crippen LogP contribution in [0.1, 0.15) is 53.7 Å². The monoisotopic (exact) mass is 611 g/mol. The maximum Gasteiger partial charge on any atom is 0.272 e. The summed E-state index contributed by atoms with van der Waals surface area (Å²) in [5.74, 6) is -0.656. The first-order chi connectivity index (χ1) is 20.6. The first-order valence-electron chi connectivity index (χ1n) is 13.9. The van der Waals surface area contributed by atoms with E-state index in [0.29, 0.717) is 27.9 Å². The number of halogens is 1. The van der Waals surface area contributed by atoms with E-state index in [1.807, 2.05) is 62.4 Å². The summed E-state index contributed by atoms with van der Waals surface area (Å²) >= 11 is 7.55. The highest BCUT2D eigenvalue weighted by Gasteiger charge is 2.18. The average Bonchev–Trinajstić information content (AvgIpc) is 2.99. The number of benzene rings is 4. The Labute approximate surface area is 261 Å². The van der Waals surface area contributed by atoms with Gasteiger partial charge in [0.2, 0.25) is 5.91 Å². The third kappa shape index (κ3) is 9.08. The van der Waals surface area contributed by atoms with Crippen LogP contribution in [0.2, 0.25) is 5.02 Å². The van der Waals surface area contributed by atoms with Crippen molar-refractivity contribution in [1.82, 2.24) is 5.32 Å². The fraction of sp³-hybridized carbons (Fsp3) is 0.171. The summed E-state index contributed by atoms with van der Waals surface area (Å²) in [7, 11) is 0. The number of hydrogen-bond acceptors (Lipinski definition) is 4. The normalized spacial score (nSPS) is 12.0. The van der Waals surface area contributed by atoms with E-state index in [2.05, 4.69) is 29.8 Å². The van der Waals surface area contributed by atoms with Crippen molar-refractivity contribution in [2.45, 2.75) is 43.8 Å². The molecule has 0 spiro atoms. The molecule has 3 N–H and O–H groups in total. The molecule has 0 radical (unpaired) electrons. The molecule has 0 saturated carbocycles. The fourth-order valence-electron chi connectivity index (χ4n) is 4.10. The van der Waals surface area contributed by atoms with Crippen LogP contribution in [0.15, 0.2) is 108 Å². The molecule has 1 atom stereocenters. The van der Waals surface area contributed by atoms with Crippen molar-refractivity contribution in [1.29, 1.82) is 0 Å². The molecule has 0 aromatic heterocycles. The molecule has 6 nitrogen and oxygen atoms in total. The smallest absolute Gasteiger partial charge is 0.272 e. The second-order valence-electron chi connectivity index (χ2n) is 10.4. The topological polar surface area (TPSA) is 87.3 Å². The van der Waals surface area contributed by atoms with Crippen molar-refractivity contribution in [3.05, 3.63) is 130 Å². The third-order valence-corrected chi connectivity index (χ3v) is 8.16. The van der Waals surface area contributed by atoms with Gasteiger partial charge < -0.3 is 16.0 Å². The number of aryl methyl sites for hydroxylation is 1. The molecular formula is C35H34ClN3O3S. The highest BCUT2D eigenvalue weighted by Crippen LogP contribution is 2.28. The molecule has 4 rings (SSSR count). The van der Waals surface area contributed by atoms with Crippen molar-refractivity contribution >= 4 is 58.5 Å². The lowest BCUT2D eigenvalue weighted by Gasteiger charge is -2.14. The maximum absolute atomic E-state index is 13.5. The van der Waals surface area contributed by atoms with Crippen molar-refractivity contribution in [2.24, 2.45) is 0 Å². The molecule has 0 fully saturated rings. The van der Waals surface area contributed by atoms with Crippen LogP contribution in [0.3, 0.4) is 0 Å². The van der Waals surface area contributed by atoms with Crippen LogP contribution in [0.25, 0.3) is 6.08 Å². The van der Waals surface area contributed by atoms with E-state index in [1.54, 1.807) is 54.6 Å². The Morgan fingerprint density at radius 3 is 2.16 bits per heavy atom. The van der Waals surface area contributed by atoms with E-state index >= 15 is 0 Å². The molecule has 0 saturated heterocycles. The molecule has 3 amide bonds. The van der Waals surface area contributed by atoms with Gasteiger partial charge in [-0.2, -0.15) is 0 Å². The Balaban J connectivity index is 1.49. The van der Waals surface area contributed by atoms with Gasteiger partial charge in [0.05, 0.1) is 5.25 Å². The molecule has 43 heavy (non-hydrogen) atoms. The molecule has 1 unspecified atom stereocenters. The quantitative estimate of drug-likeness (QED) is 0.124. The first-order valence-corrected chi connectivity index (χ1v) is 15.2. The van der Waals surface area contributed by atoms with Crippen molar-refractivity contribution in [3.8, 4) is 0 Å². The molecule has 0 bridgehead atoms. The molecule has 4 aromatic carbocycles. The fourth-order valence-corrected chi connectivity index (χ4v) is 5.21. The molecule has 0 aliphatic carbocycles. The van der Waals surface area contributed by atoms with Crippen LogP contribution in [0.4, 0.5) is 11.4 Å². The van der Waals surface area contributed by atoms with Crippen LogP contribution in [-0.4, -0.2) is 23.0 Å². The van der Waals surface area contributed by atoms with Crippen molar-refractivity contribution in [2.75, 3.05) is 10.6 Å². The van der Waals surface area contributed by atoms with Crippen LogP contribution in [0.5, 0.6) is 0 Å². The van der Waals surface area contributed by atoms with Gasteiger partial charge in [0.1, 0.15) is 5.70 Å². The van der Waals surface area contributed by atoms with Crippen LogP contribution in [-0.2, 0) is 9.59 Å². The highest BCUT2D eigenvalue weighted by molar-refractivity contribution is 8.00. The molecule has 0 aliphatic heterocycles. The molecule has 8 heteroatoms. The van der Waals surface area contributed by atoms with Crippen LogP contribution in [0, 0.1) is 6.92 Å². The summed E-state index contributed by atoms with van der Waals surface area (Å²) in [6, 6.07) is 29.2. The summed E-state index contributed by atoms with van der Waals surface area (Å²) < 4.78 is 0. The number of rotatable bonds is 10. The third-order valence-electron chi connectivity index (χ3n) is 6.66. The second-order valence-corrected chi connectivity index (χ2v) is 12.2. The molecular weight excluding hydrogens is 578 g/mol. The van der Waals surface area contributed by atoms with E-state index in [9.17, 15) is 14.4 Å². The van der Waals surface area contributed by atoms with E-state index in [0.717, 1.165) is 16.0 Å². The predicted octanol–water partition coefficient (Wildman–Crippen LogP) is 8.30. The number of carbonyl (C=O) groups is 3. The van der Waals surface area contributed by atoms with Gasteiger partial charge >= 0.3 is 0 Å². The van der Waals surface area contributed by atoms with E-state index < -0.39 is 11.2 Å². The van der Waals surface area contributed by atoms with Gasteiger partial charge in [-0.15, -0.1) is 11.8 Å². The summed E-state index contributed by atoms with van der Waals surface area (Å²) in [4.78, 5) is 40.1. The Bertz CT molecular complexity index is 1640. The Hall–Kier alpha value is -4.33. The van der Waals surface area contributed by atoms with Crippen molar-refractivity contribution in [3.63, 3.8) is 0 Å². The maximum atomic E-state index is 13.5. The first kappa shape index (κ1) is 31.6. The summed E-state index contributed by atoms with van der Waals surface area (Å²) in [6.45, 7) is 7.94. The molecule has 220 valence electrons. The van der Waals surface area contributed by atoms with E-state index in [1.165, 1.54) is 17.3 Å². The molecule has 0 heterocycles. The zero-order valence-corrected chi connectivity index (χ0v) is 26.1.